The topological polar surface area (TPSA) is 53.5 Å². The van der Waals surface area contributed by atoms with E-state index in [0.717, 1.165) is 6.42 Å². The van der Waals surface area contributed by atoms with Gasteiger partial charge in [-0.25, -0.2) is 0 Å². The van der Waals surface area contributed by atoms with Gasteiger partial charge < -0.3 is 9.80 Å². The van der Waals surface area contributed by atoms with Gasteiger partial charge in [0.15, 0.2) is 0 Å². The predicted molar refractivity (Wildman–Crippen MR) is 91.5 cm³/mol. The van der Waals surface area contributed by atoms with Crippen LogP contribution in [0.4, 0.5) is 0 Å². The Bertz CT molecular complexity index is 680. The minimum absolute atomic E-state index is 0.0144. The number of rotatable bonds is 4. The van der Waals surface area contributed by atoms with Crippen LogP contribution >= 0.6 is 0 Å². The van der Waals surface area contributed by atoms with Crippen LogP contribution in [-0.4, -0.2) is 52.8 Å². The Morgan fingerprint density at radius 1 is 0.917 bits per heavy atom. The third-order valence-corrected chi connectivity index (χ3v) is 4.30. The van der Waals surface area contributed by atoms with E-state index in [1.807, 2.05) is 35.2 Å². The molecule has 0 aliphatic carbocycles. The maximum atomic E-state index is 12.4. The molecule has 5 heteroatoms. The third-order valence-electron chi connectivity index (χ3n) is 4.30. The van der Waals surface area contributed by atoms with Gasteiger partial charge >= 0.3 is 0 Å². The maximum absolute atomic E-state index is 12.4. The minimum atomic E-state index is -0.0144. The highest BCUT2D eigenvalue weighted by atomic mass is 16.2. The Kier molecular flexibility index (Phi) is 5.21. The molecule has 0 bridgehead atoms. The van der Waals surface area contributed by atoms with Crippen LogP contribution in [0.5, 0.6) is 0 Å². The van der Waals surface area contributed by atoms with E-state index >= 15 is 0 Å². The van der Waals surface area contributed by atoms with Gasteiger partial charge in [-0.1, -0.05) is 30.3 Å². The van der Waals surface area contributed by atoms with E-state index in [4.69, 9.17) is 0 Å². The van der Waals surface area contributed by atoms with Gasteiger partial charge in [0.05, 0.1) is 5.56 Å². The van der Waals surface area contributed by atoms with Gasteiger partial charge in [0, 0.05) is 45.0 Å². The average Bonchev–Trinajstić information content (AvgIpc) is 2.67. The van der Waals surface area contributed by atoms with Crippen LogP contribution in [0.1, 0.15) is 22.3 Å². The standard InChI is InChI=1S/C19H21N3O2/c23-18(9-8-16-5-2-1-3-6-16)21-11-13-22(14-12-21)19(24)17-7-4-10-20-15-17/h1-7,10,15H,8-9,11-14H2. The van der Waals surface area contributed by atoms with Crippen LogP contribution in [0.25, 0.3) is 0 Å². The molecule has 0 atom stereocenters. The van der Waals surface area contributed by atoms with E-state index in [1.165, 1.54) is 5.56 Å². The molecule has 0 saturated carbocycles. The van der Waals surface area contributed by atoms with Crippen molar-refractivity contribution in [3.8, 4) is 0 Å². The van der Waals surface area contributed by atoms with Crippen LogP contribution in [0.2, 0.25) is 0 Å². The maximum Gasteiger partial charge on any atom is 0.255 e. The quantitative estimate of drug-likeness (QED) is 0.865. The molecule has 1 aliphatic rings. The molecule has 0 unspecified atom stereocenters. The molecule has 0 spiro atoms. The third kappa shape index (κ3) is 3.98. The van der Waals surface area contributed by atoms with Gasteiger partial charge in [0.25, 0.3) is 5.91 Å². The molecular formula is C19H21N3O2. The summed E-state index contributed by atoms with van der Waals surface area (Å²) in [6.45, 7) is 2.34. The molecule has 0 radical (unpaired) electrons. The number of benzene rings is 1. The Morgan fingerprint density at radius 2 is 1.62 bits per heavy atom. The van der Waals surface area contributed by atoms with Gasteiger partial charge in [-0.05, 0) is 24.1 Å². The smallest absolute Gasteiger partial charge is 0.255 e. The largest absolute Gasteiger partial charge is 0.339 e. The van der Waals surface area contributed by atoms with E-state index in [2.05, 4.69) is 4.98 Å². The molecule has 2 heterocycles. The lowest BCUT2D eigenvalue weighted by Gasteiger charge is -2.34. The predicted octanol–water partition coefficient (Wildman–Crippen LogP) is 2.00. The Hall–Kier alpha value is -2.69. The van der Waals surface area contributed by atoms with Gasteiger partial charge in [-0.2, -0.15) is 0 Å². The second-order valence-electron chi connectivity index (χ2n) is 5.90. The molecule has 3 rings (SSSR count). The van der Waals surface area contributed by atoms with Crippen LogP contribution in [0.3, 0.4) is 0 Å². The number of aryl methyl sites for hydroxylation is 1. The fourth-order valence-electron chi connectivity index (χ4n) is 2.88. The summed E-state index contributed by atoms with van der Waals surface area (Å²) in [5.41, 5.74) is 1.78. The summed E-state index contributed by atoms with van der Waals surface area (Å²) < 4.78 is 0. The van der Waals surface area contributed by atoms with Gasteiger partial charge in [-0.15, -0.1) is 0 Å². The van der Waals surface area contributed by atoms with Crippen molar-refractivity contribution in [1.29, 1.82) is 0 Å². The molecule has 1 aliphatic heterocycles. The number of hydrogen-bond acceptors (Lipinski definition) is 3. The molecule has 5 nitrogen and oxygen atoms in total. The Labute approximate surface area is 141 Å². The Morgan fingerprint density at radius 3 is 2.29 bits per heavy atom. The van der Waals surface area contributed by atoms with Crippen molar-refractivity contribution < 1.29 is 9.59 Å². The van der Waals surface area contributed by atoms with E-state index in [1.54, 1.807) is 29.4 Å². The van der Waals surface area contributed by atoms with Crippen molar-refractivity contribution in [1.82, 2.24) is 14.8 Å². The first kappa shape index (κ1) is 16.2. The summed E-state index contributed by atoms with van der Waals surface area (Å²) in [5, 5.41) is 0. The number of nitrogens with zero attached hydrogens (tertiary/aromatic N) is 3. The molecule has 1 saturated heterocycles. The van der Waals surface area contributed by atoms with Crippen molar-refractivity contribution >= 4 is 11.8 Å². The van der Waals surface area contributed by atoms with Crippen LogP contribution in [0.15, 0.2) is 54.9 Å². The van der Waals surface area contributed by atoms with Crippen LogP contribution in [-0.2, 0) is 11.2 Å². The fourth-order valence-corrected chi connectivity index (χ4v) is 2.88. The summed E-state index contributed by atoms with van der Waals surface area (Å²) in [5.74, 6) is 0.145. The van der Waals surface area contributed by atoms with E-state index in [0.29, 0.717) is 38.2 Å². The van der Waals surface area contributed by atoms with Crippen molar-refractivity contribution in [3.63, 3.8) is 0 Å². The highest BCUT2D eigenvalue weighted by molar-refractivity contribution is 5.94. The van der Waals surface area contributed by atoms with Crippen molar-refractivity contribution in [3.05, 3.63) is 66.0 Å². The number of hydrogen-bond donors (Lipinski definition) is 0. The highest BCUT2D eigenvalue weighted by Gasteiger charge is 2.24. The van der Waals surface area contributed by atoms with Gasteiger partial charge in [0.2, 0.25) is 5.91 Å². The summed E-state index contributed by atoms with van der Waals surface area (Å²) in [6, 6.07) is 13.6. The summed E-state index contributed by atoms with van der Waals surface area (Å²) in [7, 11) is 0. The molecule has 1 fully saturated rings. The summed E-state index contributed by atoms with van der Waals surface area (Å²) in [4.78, 5) is 32.3. The fraction of sp³-hybridized carbons (Fsp3) is 0.316. The second kappa shape index (κ2) is 7.73. The zero-order chi connectivity index (χ0) is 16.8. The zero-order valence-electron chi connectivity index (χ0n) is 13.6. The molecule has 1 aromatic heterocycles. The molecule has 124 valence electrons. The van der Waals surface area contributed by atoms with Gasteiger partial charge in [-0.3, -0.25) is 14.6 Å². The van der Waals surface area contributed by atoms with Gasteiger partial charge in [0.1, 0.15) is 0 Å². The minimum Gasteiger partial charge on any atom is -0.339 e. The first-order valence-electron chi connectivity index (χ1n) is 8.25. The normalized spacial score (nSPS) is 14.5. The van der Waals surface area contributed by atoms with Crippen molar-refractivity contribution in [2.24, 2.45) is 0 Å². The number of amides is 2. The Balaban J connectivity index is 1.48. The zero-order valence-corrected chi connectivity index (χ0v) is 13.6. The summed E-state index contributed by atoms with van der Waals surface area (Å²) in [6.07, 6.45) is 4.51. The lowest BCUT2D eigenvalue weighted by molar-refractivity contribution is -0.132. The molecule has 2 amide bonds. The number of aromatic nitrogens is 1. The van der Waals surface area contributed by atoms with E-state index in [-0.39, 0.29) is 11.8 Å². The lowest BCUT2D eigenvalue weighted by Crippen LogP contribution is -2.50. The molecule has 1 aromatic carbocycles. The molecular weight excluding hydrogens is 302 g/mol. The lowest BCUT2D eigenvalue weighted by atomic mass is 10.1. The van der Waals surface area contributed by atoms with Crippen LogP contribution in [0, 0.1) is 0 Å². The summed E-state index contributed by atoms with van der Waals surface area (Å²) >= 11 is 0. The van der Waals surface area contributed by atoms with E-state index in [9.17, 15) is 9.59 Å². The van der Waals surface area contributed by atoms with Crippen LogP contribution < -0.4 is 0 Å². The number of carbonyl (C=O) groups excluding carboxylic acids is 2. The van der Waals surface area contributed by atoms with Crippen molar-refractivity contribution in [2.45, 2.75) is 12.8 Å². The molecule has 2 aromatic rings. The highest BCUT2D eigenvalue weighted by Crippen LogP contribution is 2.10. The SMILES string of the molecule is O=C(CCc1ccccc1)N1CCN(C(=O)c2cccnc2)CC1. The number of pyridine rings is 1. The number of piperazine rings is 1. The average molecular weight is 323 g/mol. The second-order valence-corrected chi connectivity index (χ2v) is 5.90. The van der Waals surface area contributed by atoms with E-state index < -0.39 is 0 Å². The first-order valence-corrected chi connectivity index (χ1v) is 8.25. The molecule has 24 heavy (non-hydrogen) atoms. The van der Waals surface area contributed by atoms with Crippen molar-refractivity contribution in [2.75, 3.05) is 26.2 Å². The number of carbonyl (C=O) groups is 2. The first-order chi connectivity index (χ1) is 11.7. The monoisotopic (exact) mass is 323 g/mol. The molecule has 0 N–H and O–H groups in total.